The van der Waals surface area contributed by atoms with Crippen LogP contribution in [-0.4, -0.2) is 27.2 Å². The minimum atomic E-state index is -1.43. The molecule has 0 radical (unpaired) electrons. The van der Waals surface area contributed by atoms with Crippen LogP contribution in [0.25, 0.3) is 66.1 Å². The number of anilines is 4. The molecule has 4 aliphatic rings. The van der Waals surface area contributed by atoms with Gasteiger partial charge in [0.05, 0.1) is 27.2 Å². The fourth-order valence-electron chi connectivity index (χ4n) is 15.3. The van der Waals surface area contributed by atoms with Gasteiger partial charge in [0.2, 0.25) is 0 Å². The molecule has 0 spiro atoms. The Morgan fingerprint density at radius 2 is 0.671 bits per heavy atom. The minimum Gasteiger partial charge on any atom is -0.334 e. The van der Waals surface area contributed by atoms with Crippen molar-refractivity contribution in [2.45, 2.75) is 140 Å². The molecule has 0 amide bonds. The van der Waals surface area contributed by atoms with E-state index in [1.165, 1.54) is 162 Å². The van der Waals surface area contributed by atoms with Crippen LogP contribution in [0.4, 0.5) is 22.7 Å². The van der Waals surface area contributed by atoms with Gasteiger partial charge in [-0.1, -0.05) is 211 Å². The summed E-state index contributed by atoms with van der Waals surface area (Å²) in [7, 11) is -2.86. The maximum absolute atomic E-state index is 2.73. The molecule has 2 aliphatic carbocycles. The number of hydrogen-bond acceptors (Lipinski definition) is 2. The second-order valence-corrected chi connectivity index (χ2v) is 36.5. The standard InChI is InChI=1S/C72H76N2Si2/c1-69-41-17-19-43-71(69,3)73(55-29-33-57(34-30-55)75(5,6)7)65-39-27-53(47-63(65)69)51-25-37-59-61(45-51)67(49-21-13-11-14-22-49)60-38-26-52(46-62(60)68(59)50-23-15-12-16-24-50)54-28-40-66-64(48-54)70(2)42-18-20-44-72(70,4)74(66)56-31-35-58(36-32-56)76(8,9)10/h11-16,21-40,45-48H,17-20,41-44H2,1-10H3. The highest BCUT2D eigenvalue weighted by molar-refractivity contribution is 6.89. The lowest BCUT2D eigenvalue weighted by molar-refractivity contribution is 0.195. The predicted molar refractivity (Wildman–Crippen MR) is 335 cm³/mol. The van der Waals surface area contributed by atoms with Crippen LogP contribution in [0.2, 0.25) is 39.3 Å². The number of fused-ring (bicyclic) bond motifs is 8. The number of rotatable bonds is 8. The van der Waals surface area contributed by atoms with Gasteiger partial charge in [0, 0.05) is 33.6 Å². The zero-order chi connectivity index (χ0) is 52.6. The van der Waals surface area contributed by atoms with Crippen molar-refractivity contribution in [1.29, 1.82) is 0 Å². The molecule has 13 rings (SSSR count). The number of nitrogens with zero attached hydrogens (tertiary/aromatic N) is 2. The average molecular weight is 1030 g/mol. The molecular weight excluding hydrogens is 949 g/mol. The topological polar surface area (TPSA) is 6.48 Å². The van der Waals surface area contributed by atoms with Crippen molar-refractivity contribution in [1.82, 2.24) is 0 Å². The van der Waals surface area contributed by atoms with Gasteiger partial charge < -0.3 is 9.80 Å². The summed E-state index contributed by atoms with van der Waals surface area (Å²) in [6.07, 6.45) is 9.84. The van der Waals surface area contributed by atoms with Gasteiger partial charge in [-0.2, -0.15) is 0 Å². The second kappa shape index (κ2) is 17.5. The first kappa shape index (κ1) is 49.1. The average Bonchev–Trinajstić information content (AvgIpc) is 3.88. The summed E-state index contributed by atoms with van der Waals surface area (Å²) < 4.78 is 0. The normalized spacial score (nSPS) is 23.1. The van der Waals surface area contributed by atoms with Crippen LogP contribution in [0.5, 0.6) is 0 Å². The lowest BCUT2D eigenvalue weighted by Gasteiger charge is -2.50. The molecule has 0 aromatic heterocycles. The fraction of sp³-hybridized carbons (Fsp3) is 0.306. The highest BCUT2D eigenvalue weighted by Crippen LogP contribution is 2.63. The predicted octanol–water partition coefficient (Wildman–Crippen LogP) is 19.2. The minimum absolute atomic E-state index is 0.00631. The van der Waals surface area contributed by atoms with Crippen LogP contribution in [0, 0.1) is 0 Å². The van der Waals surface area contributed by atoms with Gasteiger partial charge in [-0.3, -0.25) is 0 Å². The molecule has 2 saturated carbocycles. The summed E-state index contributed by atoms with van der Waals surface area (Å²) in [6, 6.07) is 71.4. The van der Waals surface area contributed by atoms with E-state index in [0.29, 0.717) is 0 Å². The van der Waals surface area contributed by atoms with E-state index in [2.05, 4.69) is 259 Å². The molecular formula is C72H76N2Si2. The first-order chi connectivity index (χ1) is 36.4. The maximum Gasteiger partial charge on any atom is 0.0775 e. The first-order valence-electron chi connectivity index (χ1n) is 28.7. The smallest absolute Gasteiger partial charge is 0.0775 e. The molecule has 4 heteroatoms. The third kappa shape index (κ3) is 7.36. The number of benzene rings is 9. The lowest BCUT2D eigenvalue weighted by atomic mass is 9.61. The summed E-state index contributed by atoms with van der Waals surface area (Å²) in [6.45, 7) is 25.0. The van der Waals surface area contributed by atoms with E-state index in [9.17, 15) is 0 Å². The second-order valence-electron chi connectivity index (χ2n) is 26.4. The summed E-state index contributed by atoms with van der Waals surface area (Å²) in [4.78, 5) is 5.47. The van der Waals surface area contributed by atoms with Crippen molar-refractivity contribution < 1.29 is 0 Å². The highest BCUT2D eigenvalue weighted by atomic mass is 28.3. The van der Waals surface area contributed by atoms with Crippen molar-refractivity contribution in [3.63, 3.8) is 0 Å². The Hall–Kier alpha value is -6.47. The fourth-order valence-corrected chi connectivity index (χ4v) is 17.6. The van der Waals surface area contributed by atoms with Crippen LogP contribution in [0.3, 0.4) is 0 Å². The third-order valence-electron chi connectivity index (χ3n) is 20.1. The van der Waals surface area contributed by atoms with Crippen molar-refractivity contribution in [3.05, 3.63) is 193 Å². The van der Waals surface area contributed by atoms with Crippen molar-refractivity contribution in [2.24, 2.45) is 0 Å². The van der Waals surface area contributed by atoms with Crippen molar-refractivity contribution >= 4 is 70.8 Å². The van der Waals surface area contributed by atoms with E-state index in [1.54, 1.807) is 0 Å². The van der Waals surface area contributed by atoms with Crippen LogP contribution < -0.4 is 20.2 Å². The first-order valence-corrected chi connectivity index (χ1v) is 35.7. The molecule has 9 aromatic rings. The van der Waals surface area contributed by atoms with Crippen LogP contribution >= 0.6 is 0 Å². The molecule has 76 heavy (non-hydrogen) atoms. The molecule has 9 aromatic carbocycles. The number of hydrogen-bond donors (Lipinski definition) is 0. The van der Waals surface area contributed by atoms with E-state index in [4.69, 9.17) is 0 Å². The molecule has 0 bridgehead atoms. The van der Waals surface area contributed by atoms with Gasteiger partial charge in [-0.25, -0.2) is 0 Å². The SMILES string of the molecule is CC12CCCCC1(C)N(c1ccc([Si](C)(C)C)cc1)c1ccc(-c3ccc4c(-c5ccccc5)c5cc(-c6ccc7c(c6)C6(C)CCCCC6(C)N7c6ccc([Si](C)(C)C)cc6)ccc5c(-c5ccccc5)c4c3)cc12. The third-order valence-corrected chi connectivity index (χ3v) is 24.2. The van der Waals surface area contributed by atoms with Crippen LogP contribution in [0.1, 0.15) is 90.2 Å². The Kier molecular flexibility index (Phi) is 11.3. The van der Waals surface area contributed by atoms with E-state index >= 15 is 0 Å². The molecule has 2 aliphatic heterocycles. The molecule has 4 atom stereocenters. The summed E-state index contributed by atoms with van der Waals surface area (Å²) in [5.41, 5.74) is 18.7. The molecule has 0 N–H and O–H groups in total. The zero-order valence-electron chi connectivity index (χ0n) is 46.9. The molecule has 2 fully saturated rings. The molecule has 2 nitrogen and oxygen atoms in total. The van der Waals surface area contributed by atoms with Gasteiger partial charge >= 0.3 is 0 Å². The Bertz CT molecular complexity index is 3490. The van der Waals surface area contributed by atoms with Gasteiger partial charge in [-0.15, -0.1) is 0 Å². The Labute approximate surface area is 455 Å². The van der Waals surface area contributed by atoms with Gasteiger partial charge in [0.25, 0.3) is 0 Å². The van der Waals surface area contributed by atoms with Crippen molar-refractivity contribution in [2.75, 3.05) is 9.80 Å². The van der Waals surface area contributed by atoms with Crippen LogP contribution in [-0.2, 0) is 10.8 Å². The van der Waals surface area contributed by atoms with Gasteiger partial charge in [0.1, 0.15) is 0 Å². The van der Waals surface area contributed by atoms with Gasteiger partial charge in [-0.05, 0) is 177 Å². The molecule has 0 saturated heterocycles. The summed E-state index contributed by atoms with van der Waals surface area (Å²) in [5.74, 6) is 0. The lowest BCUT2D eigenvalue weighted by Crippen LogP contribution is -2.54. The Morgan fingerprint density at radius 1 is 0.329 bits per heavy atom. The maximum atomic E-state index is 2.73. The Balaban J connectivity index is 0.972. The van der Waals surface area contributed by atoms with Crippen molar-refractivity contribution in [3.8, 4) is 44.5 Å². The van der Waals surface area contributed by atoms with E-state index < -0.39 is 16.1 Å². The van der Waals surface area contributed by atoms with E-state index in [-0.39, 0.29) is 21.9 Å². The largest absolute Gasteiger partial charge is 0.334 e. The zero-order valence-corrected chi connectivity index (χ0v) is 48.9. The van der Waals surface area contributed by atoms with E-state index in [1.807, 2.05) is 0 Å². The monoisotopic (exact) mass is 1020 g/mol. The van der Waals surface area contributed by atoms with Crippen LogP contribution in [0.15, 0.2) is 182 Å². The van der Waals surface area contributed by atoms with Gasteiger partial charge in [0.15, 0.2) is 0 Å². The molecule has 2 heterocycles. The quantitative estimate of drug-likeness (QED) is 0.111. The van der Waals surface area contributed by atoms with E-state index in [0.717, 1.165) is 0 Å². The highest BCUT2D eigenvalue weighted by Gasteiger charge is 2.59. The summed E-state index contributed by atoms with van der Waals surface area (Å²) in [5, 5.41) is 8.19. The Morgan fingerprint density at radius 3 is 1.04 bits per heavy atom. The molecule has 4 unspecified atom stereocenters. The summed E-state index contributed by atoms with van der Waals surface area (Å²) >= 11 is 0. The molecule has 382 valence electrons.